The Morgan fingerprint density at radius 2 is 2.25 bits per heavy atom. The molecule has 0 aromatic heterocycles. The molecule has 0 aromatic carbocycles. The number of fused-ring (bicyclic) bond motifs is 2. The summed E-state index contributed by atoms with van der Waals surface area (Å²) in [6.45, 7) is 5.69. The van der Waals surface area contributed by atoms with Crippen molar-refractivity contribution in [1.82, 2.24) is 4.90 Å². The van der Waals surface area contributed by atoms with Crippen molar-refractivity contribution in [3.8, 4) is 0 Å². The third-order valence-electron chi connectivity index (χ3n) is 2.79. The molecule has 16 heavy (non-hydrogen) atoms. The van der Waals surface area contributed by atoms with Gasteiger partial charge in [-0.05, 0) is 46.1 Å². The minimum Gasteiger partial charge on any atom is -0.443 e. The summed E-state index contributed by atoms with van der Waals surface area (Å²) in [5.41, 5.74) is 0.667. The van der Waals surface area contributed by atoms with E-state index >= 15 is 0 Å². The number of carbonyl (C=O) groups is 1. The summed E-state index contributed by atoms with van der Waals surface area (Å²) in [7, 11) is 0. The summed E-state index contributed by atoms with van der Waals surface area (Å²) >= 11 is 0. The van der Waals surface area contributed by atoms with E-state index in [9.17, 15) is 4.79 Å². The van der Waals surface area contributed by atoms with Gasteiger partial charge in [0.25, 0.3) is 0 Å². The number of allylic oxidation sites excluding steroid dienone is 3. The number of amides is 1. The van der Waals surface area contributed by atoms with Gasteiger partial charge in [0.05, 0.1) is 6.04 Å². The van der Waals surface area contributed by atoms with Crippen molar-refractivity contribution in [1.29, 1.82) is 0 Å². The van der Waals surface area contributed by atoms with Crippen molar-refractivity contribution in [3.05, 3.63) is 23.9 Å². The van der Waals surface area contributed by atoms with E-state index < -0.39 is 5.60 Å². The molecule has 2 aliphatic heterocycles. The highest BCUT2D eigenvalue weighted by molar-refractivity contribution is 5.72. The smallest absolute Gasteiger partial charge is 0.415 e. The van der Waals surface area contributed by atoms with E-state index in [0.717, 1.165) is 25.0 Å². The fourth-order valence-corrected chi connectivity index (χ4v) is 2.16. The molecular formula is C13H19NO2. The largest absolute Gasteiger partial charge is 0.443 e. The highest BCUT2D eigenvalue weighted by atomic mass is 16.6. The quantitative estimate of drug-likeness (QED) is 0.628. The summed E-state index contributed by atoms with van der Waals surface area (Å²) in [6.07, 6.45) is 9.08. The second-order valence-electron chi connectivity index (χ2n) is 5.35. The van der Waals surface area contributed by atoms with Gasteiger partial charge in [-0.25, -0.2) is 4.79 Å². The van der Waals surface area contributed by atoms with Gasteiger partial charge in [0, 0.05) is 5.70 Å². The van der Waals surface area contributed by atoms with Crippen molar-refractivity contribution in [2.45, 2.75) is 51.7 Å². The average molecular weight is 221 g/mol. The molecular weight excluding hydrogens is 202 g/mol. The first-order valence-corrected chi connectivity index (χ1v) is 5.87. The van der Waals surface area contributed by atoms with Crippen LogP contribution in [-0.4, -0.2) is 22.6 Å². The lowest BCUT2D eigenvalue weighted by Gasteiger charge is -2.38. The maximum absolute atomic E-state index is 12.1. The van der Waals surface area contributed by atoms with E-state index in [1.165, 1.54) is 0 Å². The Balaban J connectivity index is 2.13. The molecule has 1 atom stereocenters. The molecule has 1 unspecified atom stereocenters. The lowest BCUT2D eigenvalue weighted by molar-refractivity contribution is 0.0230. The average Bonchev–Trinajstić information content (AvgIpc) is 2.13. The molecule has 0 N–H and O–H groups in total. The van der Waals surface area contributed by atoms with Crippen molar-refractivity contribution >= 4 is 6.09 Å². The highest BCUT2D eigenvalue weighted by Crippen LogP contribution is 2.31. The van der Waals surface area contributed by atoms with Crippen LogP contribution in [0, 0.1) is 0 Å². The van der Waals surface area contributed by atoms with E-state index in [1.54, 1.807) is 4.90 Å². The number of piperidine rings is 1. The van der Waals surface area contributed by atoms with Gasteiger partial charge in [0.1, 0.15) is 5.60 Å². The Morgan fingerprint density at radius 3 is 2.88 bits per heavy atom. The first-order chi connectivity index (χ1) is 7.47. The van der Waals surface area contributed by atoms with E-state index in [-0.39, 0.29) is 12.1 Å². The van der Waals surface area contributed by atoms with Gasteiger partial charge in [0.2, 0.25) is 0 Å². The van der Waals surface area contributed by atoms with Gasteiger partial charge in [-0.15, -0.1) is 0 Å². The summed E-state index contributed by atoms with van der Waals surface area (Å²) in [5, 5.41) is 0. The minimum absolute atomic E-state index is 0.198. The molecule has 0 aliphatic carbocycles. The van der Waals surface area contributed by atoms with Crippen molar-refractivity contribution < 1.29 is 9.53 Å². The van der Waals surface area contributed by atoms with Crippen LogP contribution < -0.4 is 0 Å². The Bertz CT molecular complexity index is 349. The predicted molar refractivity (Wildman–Crippen MR) is 62.9 cm³/mol. The van der Waals surface area contributed by atoms with Gasteiger partial charge in [-0.1, -0.05) is 12.2 Å². The molecule has 1 amide bonds. The van der Waals surface area contributed by atoms with Crippen LogP contribution in [0.25, 0.3) is 0 Å². The number of hydrogen-bond acceptors (Lipinski definition) is 2. The molecule has 88 valence electrons. The van der Waals surface area contributed by atoms with E-state index in [2.05, 4.69) is 6.08 Å². The molecule has 3 heteroatoms. The van der Waals surface area contributed by atoms with Crippen molar-refractivity contribution in [2.75, 3.05) is 0 Å². The number of nitrogens with zero attached hydrogens (tertiary/aromatic N) is 1. The molecule has 0 aromatic rings. The lowest BCUT2D eigenvalue weighted by atomic mass is 9.96. The summed E-state index contributed by atoms with van der Waals surface area (Å²) < 4.78 is 5.43. The number of rotatable bonds is 0. The molecule has 2 rings (SSSR count). The first-order valence-electron chi connectivity index (χ1n) is 5.87. The van der Waals surface area contributed by atoms with Crippen LogP contribution in [0.1, 0.15) is 40.0 Å². The topological polar surface area (TPSA) is 29.5 Å². The summed E-state index contributed by atoms with van der Waals surface area (Å²) in [4.78, 5) is 13.9. The Labute approximate surface area is 96.8 Å². The van der Waals surface area contributed by atoms with E-state index in [0.29, 0.717) is 0 Å². The molecule has 0 spiro atoms. The number of hydrogen-bond donors (Lipinski definition) is 0. The SMILES string of the molecule is CC(C)(C)OC(=O)N1C2=CC=CC1CCC2. The monoisotopic (exact) mass is 221 g/mol. The predicted octanol–water partition coefficient (Wildman–Crippen LogP) is 3.23. The van der Waals surface area contributed by atoms with Crippen LogP contribution in [0.15, 0.2) is 23.9 Å². The van der Waals surface area contributed by atoms with Crippen LogP contribution in [0.3, 0.4) is 0 Å². The Morgan fingerprint density at radius 1 is 1.50 bits per heavy atom. The normalized spacial score (nSPS) is 24.1. The maximum atomic E-state index is 12.1. The van der Waals surface area contributed by atoms with Crippen LogP contribution in [-0.2, 0) is 4.74 Å². The zero-order valence-corrected chi connectivity index (χ0v) is 10.2. The molecule has 3 nitrogen and oxygen atoms in total. The third-order valence-corrected chi connectivity index (χ3v) is 2.79. The fourth-order valence-electron chi connectivity index (χ4n) is 2.16. The van der Waals surface area contributed by atoms with Gasteiger partial charge in [-0.3, -0.25) is 4.90 Å². The van der Waals surface area contributed by atoms with Gasteiger partial charge in [0.15, 0.2) is 0 Å². The van der Waals surface area contributed by atoms with Crippen molar-refractivity contribution in [2.24, 2.45) is 0 Å². The molecule has 2 bridgehead atoms. The van der Waals surface area contributed by atoms with E-state index in [4.69, 9.17) is 4.74 Å². The molecule has 1 fully saturated rings. The molecule has 2 aliphatic rings. The lowest BCUT2D eigenvalue weighted by Crippen LogP contribution is -2.44. The molecule has 0 radical (unpaired) electrons. The fraction of sp³-hybridized carbons (Fsp3) is 0.615. The van der Waals surface area contributed by atoms with Gasteiger partial charge in [-0.2, -0.15) is 0 Å². The minimum atomic E-state index is -0.424. The van der Waals surface area contributed by atoms with Crippen LogP contribution in [0.2, 0.25) is 0 Å². The van der Waals surface area contributed by atoms with E-state index in [1.807, 2.05) is 32.9 Å². The maximum Gasteiger partial charge on any atom is 0.415 e. The van der Waals surface area contributed by atoms with Gasteiger partial charge >= 0.3 is 6.09 Å². The summed E-state index contributed by atoms with van der Waals surface area (Å²) in [5.74, 6) is 0. The standard InChI is InChI=1S/C13H19NO2/c1-13(2,3)16-12(15)14-10-6-4-7-11(14)9-5-8-10/h4,6-7,10H,5,8-9H2,1-3H3. The molecule has 0 saturated carbocycles. The van der Waals surface area contributed by atoms with Crippen molar-refractivity contribution in [3.63, 3.8) is 0 Å². The molecule has 2 heterocycles. The summed E-state index contributed by atoms with van der Waals surface area (Å²) in [6, 6.07) is 0.198. The second kappa shape index (κ2) is 3.96. The van der Waals surface area contributed by atoms with Crippen LogP contribution in [0.5, 0.6) is 0 Å². The zero-order chi connectivity index (χ0) is 11.8. The molecule has 1 saturated heterocycles. The Kier molecular flexibility index (Phi) is 2.78. The first kappa shape index (κ1) is 11.2. The number of ether oxygens (including phenoxy) is 1. The second-order valence-corrected chi connectivity index (χ2v) is 5.35. The van der Waals surface area contributed by atoms with Gasteiger partial charge < -0.3 is 4.74 Å². The Hall–Kier alpha value is -1.25. The zero-order valence-electron chi connectivity index (χ0n) is 10.2. The highest BCUT2D eigenvalue weighted by Gasteiger charge is 2.33. The van der Waals surface area contributed by atoms with Crippen LogP contribution >= 0.6 is 0 Å². The third kappa shape index (κ3) is 2.29. The number of carbonyl (C=O) groups excluding carboxylic acids is 1. The van der Waals surface area contributed by atoms with Crippen LogP contribution in [0.4, 0.5) is 4.79 Å².